The molecule has 0 atom stereocenters. The first-order valence-corrected chi connectivity index (χ1v) is 9.87. The Morgan fingerprint density at radius 3 is 2.60 bits per heavy atom. The molecule has 1 heterocycles. The molecule has 152 valence electrons. The van der Waals surface area contributed by atoms with Crippen LogP contribution in [0.1, 0.15) is 35.2 Å². The van der Waals surface area contributed by atoms with Crippen LogP contribution in [0.15, 0.2) is 42.5 Å². The Morgan fingerprint density at radius 2 is 1.87 bits per heavy atom. The number of benzene rings is 2. The molecule has 0 saturated carbocycles. The van der Waals surface area contributed by atoms with Gasteiger partial charge in [0.2, 0.25) is 0 Å². The van der Waals surface area contributed by atoms with Crippen LogP contribution >= 0.6 is 0 Å². The Hall–Kier alpha value is -3.59. The van der Waals surface area contributed by atoms with E-state index in [-0.39, 0.29) is 18.2 Å². The van der Waals surface area contributed by atoms with Crippen LogP contribution in [0.25, 0.3) is 11.1 Å². The van der Waals surface area contributed by atoms with E-state index in [1.807, 2.05) is 18.2 Å². The van der Waals surface area contributed by atoms with Crippen LogP contribution in [0, 0.1) is 17.1 Å². The van der Waals surface area contributed by atoms with Gasteiger partial charge in [0.25, 0.3) is 0 Å². The topological polar surface area (TPSA) is 81.2 Å². The molecular weight excluding hydrogens is 381 g/mol. The summed E-state index contributed by atoms with van der Waals surface area (Å²) in [5.41, 5.74) is 11.1. The molecule has 5 nitrogen and oxygen atoms in total. The first-order chi connectivity index (χ1) is 14.6. The summed E-state index contributed by atoms with van der Waals surface area (Å²) in [4.78, 5) is 4.47. The Labute approximate surface area is 174 Å². The van der Waals surface area contributed by atoms with Gasteiger partial charge in [0.15, 0.2) is 11.5 Å². The highest BCUT2D eigenvalue weighted by molar-refractivity contribution is 5.80. The number of fused-ring (bicyclic) bond motifs is 1. The lowest BCUT2D eigenvalue weighted by molar-refractivity contribution is 0.284. The number of anilines is 1. The van der Waals surface area contributed by atoms with Crippen molar-refractivity contribution in [3.8, 4) is 28.7 Å². The second-order valence-electron chi connectivity index (χ2n) is 7.27. The summed E-state index contributed by atoms with van der Waals surface area (Å²) in [5, 5.41) is 9.72. The number of halogens is 1. The van der Waals surface area contributed by atoms with Gasteiger partial charge < -0.3 is 15.2 Å². The van der Waals surface area contributed by atoms with Gasteiger partial charge >= 0.3 is 0 Å². The van der Waals surface area contributed by atoms with Gasteiger partial charge in [0, 0.05) is 11.3 Å². The zero-order chi connectivity index (χ0) is 21.1. The molecule has 0 bridgehead atoms. The number of nitrogens with zero attached hydrogens (tertiary/aromatic N) is 2. The fourth-order valence-electron chi connectivity index (χ4n) is 3.88. The molecule has 0 aliphatic heterocycles. The number of ether oxygens (including phenoxy) is 2. The van der Waals surface area contributed by atoms with Crippen molar-refractivity contribution < 1.29 is 13.9 Å². The second kappa shape index (κ2) is 8.42. The molecule has 1 aliphatic carbocycles. The van der Waals surface area contributed by atoms with Crippen molar-refractivity contribution >= 4 is 5.82 Å². The lowest BCUT2D eigenvalue weighted by Gasteiger charge is -2.21. The number of nitrogen functional groups attached to an aromatic ring is 1. The van der Waals surface area contributed by atoms with Crippen LogP contribution < -0.4 is 15.2 Å². The van der Waals surface area contributed by atoms with E-state index in [2.05, 4.69) is 11.1 Å². The van der Waals surface area contributed by atoms with E-state index < -0.39 is 0 Å². The van der Waals surface area contributed by atoms with Gasteiger partial charge in [-0.2, -0.15) is 5.26 Å². The van der Waals surface area contributed by atoms with Crippen LogP contribution in [-0.4, -0.2) is 12.1 Å². The smallest absolute Gasteiger partial charge is 0.161 e. The first kappa shape index (κ1) is 19.7. The third kappa shape index (κ3) is 3.79. The molecule has 0 fully saturated rings. The molecule has 0 unspecified atom stereocenters. The molecule has 2 aromatic carbocycles. The van der Waals surface area contributed by atoms with E-state index >= 15 is 0 Å². The fraction of sp³-hybridized carbons (Fsp3) is 0.250. The standard InChI is InChI=1S/C24H22FN3O2/c1-29-22-12-16(8-11-21(22)30-14-15-6-9-17(25)10-7-15)23-18-4-2-3-5-20(18)28-24(27)19(23)13-26/h6-12H,2-5,14H2,1H3,(H2,27,28). The Kier molecular flexibility index (Phi) is 5.53. The molecule has 0 spiro atoms. The predicted molar refractivity (Wildman–Crippen MR) is 113 cm³/mol. The van der Waals surface area contributed by atoms with Gasteiger partial charge in [0.1, 0.15) is 29.9 Å². The molecule has 0 amide bonds. The van der Waals surface area contributed by atoms with Crippen molar-refractivity contribution in [2.75, 3.05) is 12.8 Å². The molecule has 0 radical (unpaired) electrons. The Bertz CT molecular complexity index is 1120. The number of hydrogen-bond acceptors (Lipinski definition) is 5. The minimum atomic E-state index is -0.283. The van der Waals surface area contributed by atoms with E-state index in [4.69, 9.17) is 15.2 Å². The quantitative estimate of drug-likeness (QED) is 0.661. The van der Waals surface area contributed by atoms with Crippen molar-refractivity contribution in [3.05, 3.63) is 70.7 Å². The molecule has 1 aromatic heterocycles. The first-order valence-electron chi connectivity index (χ1n) is 9.87. The van der Waals surface area contributed by atoms with Crippen LogP contribution in [0.5, 0.6) is 11.5 Å². The maximum absolute atomic E-state index is 13.1. The molecule has 30 heavy (non-hydrogen) atoms. The van der Waals surface area contributed by atoms with Crippen molar-refractivity contribution in [2.45, 2.75) is 32.3 Å². The summed E-state index contributed by atoms with van der Waals surface area (Å²) in [6.07, 6.45) is 3.88. The zero-order valence-electron chi connectivity index (χ0n) is 16.7. The Balaban J connectivity index is 1.70. The second-order valence-corrected chi connectivity index (χ2v) is 7.27. The van der Waals surface area contributed by atoms with E-state index in [0.717, 1.165) is 53.6 Å². The molecule has 6 heteroatoms. The number of aryl methyl sites for hydroxylation is 1. The summed E-state index contributed by atoms with van der Waals surface area (Å²) < 4.78 is 24.5. The zero-order valence-corrected chi connectivity index (χ0v) is 16.7. The van der Waals surface area contributed by atoms with Gasteiger partial charge in [-0.25, -0.2) is 9.37 Å². The monoisotopic (exact) mass is 403 g/mol. The van der Waals surface area contributed by atoms with E-state index in [1.165, 1.54) is 12.1 Å². The van der Waals surface area contributed by atoms with Crippen LogP contribution in [0.4, 0.5) is 10.2 Å². The molecular formula is C24H22FN3O2. The van der Waals surface area contributed by atoms with E-state index in [1.54, 1.807) is 19.2 Å². The van der Waals surface area contributed by atoms with Gasteiger partial charge in [-0.05, 0) is 66.6 Å². The lowest BCUT2D eigenvalue weighted by Crippen LogP contribution is -2.12. The van der Waals surface area contributed by atoms with Crippen molar-refractivity contribution in [1.29, 1.82) is 5.26 Å². The normalized spacial score (nSPS) is 12.7. The van der Waals surface area contributed by atoms with E-state index in [0.29, 0.717) is 17.1 Å². The number of rotatable bonds is 5. The van der Waals surface area contributed by atoms with Crippen molar-refractivity contribution in [2.24, 2.45) is 0 Å². The fourth-order valence-corrected chi connectivity index (χ4v) is 3.88. The minimum Gasteiger partial charge on any atom is -0.493 e. The van der Waals surface area contributed by atoms with Gasteiger partial charge in [0.05, 0.1) is 7.11 Å². The molecule has 4 rings (SSSR count). The molecule has 2 N–H and O–H groups in total. The molecule has 0 saturated heterocycles. The van der Waals surface area contributed by atoms with Crippen LogP contribution in [-0.2, 0) is 19.4 Å². The SMILES string of the molecule is COc1cc(-c2c(C#N)c(N)nc3c2CCCC3)ccc1OCc1ccc(F)cc1. The summed E-state index contributed by atoms with van der Waals surface area (Å²) >= 11 is 0. The summed E-state index contributed by atoms with van der Waals surface area (Å²) in [7, 11) is 1.57. The number of pyridine rings is 1. The van der Waals surface area contributed by atoms with Crippen molar-refractivity contribution in [1.82, 2.24) is 4.98 Å². The minimum absolute atomic E-state index is 0.267. The van der Waals surface area contributed by atoms with Crippen LogP contribution in [0.2, 0.25) is 0 Å². The largest absolute Gasteiger partial charge is 0.493 e. The van der Waals surface area contributed by atoms with Crippen LogP contribution in [0.3, 0.4) is 0 Å². The maximum Gasteiger partial charge on any atom is 0.161 e. The summed E-state index contributed by atoms with van der Waals surface area (Å²) in [6.45, 7) is 0.289. The summed E-state index contributed by atoms with van der Waals surface area (Å²) in [5.74, 6) is 1.11. The predicted octanol–water partition coefficient (Wildman–Crippen LogP) is 4.81. The van der Waals surface area contributed by atoms with Gasteiger partial charge in [-0.3, -0.25) is 0 Å². The number of aromatic nitrogens is 1. The third-order valence-electron chi connectivity index (χ3n) is 5.37. The number of methoxy groups -OCH3 is 1. The number of nitriles is 1. The highest BCUT2D eigenvalue weighted by atomic mass is 19.1. The van der Waals surface area contributed by atoms with Crippen molar-refractivity contribution in [3.63, 3.8) is 0 Å². The van der Waals surface area contributed by atoms with Gasteiger partial charge in [-0.1, -0.05) is 18.2 Å². The molecule has 3 aromatic rings. The average molecular weight is 403 g/mol. The highest BCUT2D eigenvalue weighted by Crippen LogP contribution is 2.39. The summed E-state index contributed by atoms with van der Waals surface area (Å²) in [6, 6.07) is 14.0. The number of hydrogen-bond donors (Lipinski definition) is 1. The Morgan fingerprint density at radius 1 is 1.10 bits per heavy atom. The average Bonchev–Trinajstić information content (AvgIpc) is 2.77. The molecule has 1 aliphatic rings. The highest BCUT2D eigenvalue weighted by Gasteiger charge is 2.22. The van der Waals surface area contributed by atoms with E-state index in [9.17, 15) is 9.65 Å². The maximum atomic E-state index is 13.1. The van der Waals surface area contributed by atoms with Gasteiger partial charge in [-0.15, -0.1) is 0 Å². The lowest BCUT2D eigenvalue weighted by atomic mass is 9.86. The number of nitrogens with two attached hydrogens (primary N) is 1. The third-order valence-corrected chi connectivity index (χ3v) is 5.37.